The average Bonchev–Trinajstić information content (AvgIpc) is 3.38. The van der Waals surface area contributed by atoms with Crippen molar-refractivity contribution in [1.29, 1.82) is 0 Å². The van der Waals surface area contributed by atoms with E-state index in [0.717, 1.165) is 17.7 Å². The molecule has 3 aromatic rings. The lowest BCUT2D eigenvalue weighted by molar-refractivity contribution is 0.0773. The van der Waals surface area contributed by atoms with Crippen molar-refractivity contribution in [3.8, 4) is 11.3 Å². The largest absolute Gasteiger partial charge is 0.384 e. The van der Waals surface area contributed by atoms with Gasteiger partial charge in [0.15, 0.2) is 0 Å². The summed E-state index contributed by atoms with van der Waals surface area (Å²) in [7, 11) is 2.02. The molecule has 1 saturated heterocycles. The van der Waals surface area contributed by atoms with Crippen LogP contribution in [-0.4, -0.2) is 62.1 Å². The monoisotopic (exact) mass is 391 g/mol. The number of nitrogens with one attached hydrogen (secondary N) is 1. The smallest absolute Gasteiger partial charge is 0.271 e. The van der Waals surface area contributed by atoms with Gasteiger partial charge in [-0.05, 0) is 32.5 Å². The molecule has 1 unspecified atom stereocenters. The average molecular weight is 391 g/mol. The van der Waals surface area contributed by atoms with Crippen molar-refractivity contribution in [3.05, 3.63) is 59.7 Å². The first kappa shape index (κ1) is 19.1. The molecular formula is C21H25N7O. The molecule has 29 heavy (non-hydrogen) atoms. The van der Waals surface area contributed by atoms with E-state index in [1.54, 1.807) is 12.3 Å². The number of aryl methyl sites for hydroxylation is 1. The Morgan fingerprint density at radius 3 is 2.86 bits per heavy atom. The number of H-pyrrole nitrogens is 1. The maximum Gasteiger partial charge on any atom is 0.271 e. The second-order valence-electron chi connectivity index (χ2n) is 7.54. The van der Waals surface area contributed by atoms with Gasteiger partial charge in [0.05, 0.1) is 12.2 Å². The van der Waals surface area contributed by atoms with Crippen molar-refractivity contribution >= 4 is 11.7 Å². The van der Waals surface area contributed by atoms with Gasteiger partial charge in [0.1, 0.15) is 17.3 Å². The van der Waals surface area contributed by atoms with Gasteiger partial charge in [-0.3, -0.25) is 14.8 Å². The van der Waals surface area contributed by atoms with E-state index in [2.05, 4.69) is 25.1 Å². The van der Waals surface area contributed by atoms with Crippen molar-refractivity contribution in [2.24, 2.45) is 0 Å². The molecule has 0 saturated carbocycles. The summed E-state index contributed by atoms with van der Waals surface area (Å²) in [6, 6.07) is 11.9. The van der Waals surface area contributed by atoms with E-state index in [1.807, 2.05) is 49.2 Å². The van der Waals surface area contributed by atoms with Gasteiger partial charge in [0.25, 0.3) is 5.91 Å². The van der Waals surface area contributed by atoms with Crippen molar-refractivity contribution in [3.63, 3.8) is 0 Å². The zero-order valence-corrected chi connectivity index (χ0v) is 16.7. The van der Waals surface area contributed by atoms with Crippen LogP contribution in [0.1, 0.15) is 28.3 Å². The highest BCUT2D eigenvalue weighted by molar-refractivity contribution is 5.93. The quantitative estimate of drug-likeness (QED) is 0.690. The molecule has 1 fully saturated rings. The summed E-state index contributed by atoms with van der Waals surface area (Å²) in [5.41, 5.74) is 9.21. The number of anilines is 1. The summed E-state index contributed by atoms with van der Waals surface area (Å²) >= 11 is 0. The van der Waals surface area contributed by atoms with E-state index in [4.69, 9.17) is 5.73 Å². The lowest BCUT2D eigenvalue weighted by atomic mass is 10.1. The SMILES string of the molecule is Cc1ccc(-c2cc(C(=O)N3CCC(N(C)Cc4nccc(N)n4)C3)[nH]n2)cc1. The summed E-state index contributed by atoms with van der Waals surface area (Å²) in [6.45, 7) is 4.02. The Balaban J connectivity index is 1.38. The minimum Gasteiger partial charge on any atom is -0.384 e. The zero-order valence-electron chi connectivity index (χ0n) is 16.7. The first-order chi connectivity index (χ1) is 14.0. The van der Waals surface area contributed by atoms with E-state index < -0.39 is 0 Å². The number of likely N-dealkylation sites (tertiary alicyclic amines) is 1. The Hall–Kier alpha value is -3.26. The lowest BCUT2D eigenvalue weighted by Gasteiger charge is -2.23. The molecule has 1 aromatic carbocycles. The molecule has 1 aliphatic heterocycles. The third kappa shape index (κ3) is 4.27. The van der Waals surface area contributed by atoms with Crippen LogP contribution in [-0.2, 0) is 6.54 Å². The van der Waals surface area contributed by atoms with E-state index in [9.17, 15) is 4.79 Å². The molecule has 0 radical (unpaired) electrons. The number of carbonyl (C=O) groups excluding carboxylic acids is 1. The number of benzene rings is 1. The fraction of sp³-hybridized carbons (Fsp3) is 0.333. The summed E-state index contributed by atoms with van der Waals surface area (Å²) in [4.78, 5) is 25.5. The van der Waals surface area contributed by atoms with Crippen LogP contribution in [0.3, 0.4) is 0 Å². The number of hydrogen-bond donors (Lipinski definition) is 2. The minimum atomic E-state index is -0.0213. The molecule has 150 valence electrons. The summed E-state index contributed by atoms with van der Waals surface area (Å²) in [6.07, 6.45) is 2.57. The molecule has 1 amide bonds. The van der Waals surface area contributed by atoms with Crippen LogP contribution in [0.25, 0.3) is 11.3 Å². The summed E-state index contributed by atoms with van der Waals surface area (Å²) in [5.74, 6) is 1.14. The fourth-order valence-electron chi connectivity index (χ4n) is 3.60. The summed E-state index contributed by atoms with van der Waals surface area (Å²) < 4.78 is 0. The van der Waals surface area contributed by atoms with Gasteiger partial charge in [0.2, 0.25) is 0 Å². The third-order valence-corrected chi connectivity index (χ3v) is 5.35. The lowest BCUT2D eigenvalue weighted by Crippen LogP contribution is -2.36. The normalized spacial score (nSPS) is 16.5. The predicted octanol–water partition coefficient (Wildman–Crippen LogP) is 2.10. The zero-order chi connectivity index (χ0) is 20.4. The number of carbonyl (C=O) groups is 1. The number of nitrogens with two attached hydrogens (primary N) is 1. The van der Waals surface area contributed by atoms with Crippen molar-refractivity contribution in [1.82, 2.24) is 30.0 Å². The standard InChI is InChI=1S/C21H25N7O/c1-14-3-5-15(6-4-14)17-11-18(26-25-17)21(29)28-10-8-16(12-28)27(2)13-20-23-9-7-19(22)24-20/h3-7,9,11,16H,8,10,12-13H2,1-2H3,(H,25,26)(H2,22,23,24). The Morgan fingerprint density at radius 2 is 2.10 bits per heavy atom. The number of nitrogen functional groups attached to an aromatic ring is 1. The van der Waals surface area contributed by atoms with Crippen LogP contribution in [0.5, 0.6) is 0 Å². The fourth-order valence-corrected chi connectivity index (χ4v) is 3.60. The molecule has 0 bridgehead atoms. The highest BCUT2D eigenvalue weighted by Crippen LogP contribution is 2.21. The molecule has 0 spiro atoms. The Kier molecular flexibility index (Phi) is 5.26. The highest BCUT2D eigenvalue weighted by Gasteiger charge is 2.30. The van der Waals surface area contributed by atoms with Gasteiger partial charge >= 0.3 is 0 Å². The minimum absolute atomic E-state index is 0.0213. The van der Waals surface area contributed by atoms with Crippen LogP contribution in [0.2, 0.25) is 0 Å². The topological polar surface area (TPSA) is 104 Å². The van der Waals surface area contributed by atoms with E-state index in [1.165, 1.54) is 5.56 Å². The van der Waals surface area contributed by atoms with Crippen LogP contribution < -0.4 is 5.73 Å². The van der Waals surface area contributed by atoms with Gasteiger partial charge in [-0.1, -0.05) is 29.8 Å². The number of aromatic amines is 1. The van der Waals surface area contributed by atoms with E-state index in [0.29, 0.717) is 37.0 Å². The second kappa shape index (κ2) is 8.00. The van der Waals surface area contributed by atoms with Gasteiger partial charge in [-0.25, -0.2) is 9.97 Å². The van der Waals surface area contributed by atoms with Gasteiger partial charge < -0.3 is 10.6 Å². The Labute approximate surface area is 169 Å². The molecule has 1 aliphatic rings. The summed E-state index contributed by atoms with van der Waals surface area (Å²) in [5, 5.41) is 7.21. The number of aromatic nitrogens is 4. The third-order valence-electron chi connectivity index (χ3n) is 5.35. The highest BCUT2D eigenvalue weighted by atomic mass is 16.2. The Morgan fingerprint density at radius 1 is 1.31 bits per heavy atom. The first-order valence-corrected chi connectivity index (χ1v) is 9.69. The van der Waals surface area contributed by atoms with Crippen LogP contribution in [0.15, 0.2) is 42.6 Å². The van der Waals surface area contributed by atoms with Crippen LogP contribution in [0, 0.1) is 6.92 Å². The maximum atomic E-state index is 12.9. The second-order valence-corrected chi connectivity index (χ2v) is 7.54. The number of hydrogen-bond acceptors (Lipinski definition) is 6. The molecule has 1 atom stereocenters. The Bertz CT molecular complexity index is 998. The van der Waals surface area contributed by atoms with E-state index in [-0.39, 0.29) is 11.9 Å². The molecule has 3 N–H and O–H groups in total. The van der Waals surface area contributed by atoms with Crippen LogP contribution >= 0.6 is 0 Å². The van der Waals surface area contributed by atoms with Crippen molar-refractivity contribution < 1.29 is 4.79 Å². The molecule has 8 heteroatoms. The molecule has 0 aliphatic carbocycles. The van der Waals surface area contributed by atoms with Gasteiger partial charge in [-0.15, -0.1) is 0 Å². The molecule has 2 aromatic heterocycles. The van der Waals surface area contributed by atoms with Crippen LogP contribution in [0.4, 0.5) is 5.82 Å². The number of nitrogens with zero attached hydrogens (tertiary/aromatic N) is 5. The van der Waals surface area contributed by atoms with Crippen molar-refractivity contribution in [2.75, 3.05) is 25.9 Å². The number of amides is 1. The number of likely N-dealkylation sites (N-methyl/N-ethyl adjacent to an activating group) is 1. The number of rotatable bonds is 5. The van der Waals surface area contributed by atoms with E-state index >= 15 is 0 Å². The first-order valence-electron chi connectivity index (χ1n) is 9.69. The maximum absolute atomic E-state index is 12.9. The molecule has 8 nitrogen and oxygen atoms in total. The van der Waals surface area contributed by atoms with Gasteiger partial charge in [0, 0.05) is 30.9 Å². The molecule has 4 rings (SSSR count). The predicted molar refractivity (Wildman–Crippen MR) is 111 cm³/mol. The van der Waals surface area contributed by atoms with Gasteiger partial charge in [-0.2, -0.15) is 5.10 Å². The molecule has 3 heterocycles. The van der Waals surface area contributed by atoms with Crippen molar-refractivity contribution in [2.45, 2.75) is 25.9 Å². The molecular weight excluding hydrogens is 366 g/mol.